The second-order valence-electron chi connectivity index (χ2n) is 6.05. The number of ether oxygens (including phenoxy) is 1. The van der Waals surface area contributed by atoms with Crippen molar-refractivity contribution >= 4 is 0 Å². The minimum atomic E-state index is 0.375. The van der Waals surface area contributed by atoms with Gasteiger partial charge in [0.1, 0.15) is 0 Å². The molecule has 0 amide bonds. The van der Waals surface area contributed by atoms with Gasteiger partial charge in [0.25, 0.3) is 0 Å². The van der Waals surface area contributed by atoms with Crippen LogP contribution in [0.1, 0.15) is 63.6 Å². The van der Waals surface area contributed by atoms with E-state index in [0.29, 0.717) is 24.1 Å². The van der Waals surface area contributed by atoms with Gasteiger partial charge in [-0.25, -0.2) is 0 Å². The Morgan fingerprint density at radius 1 is 1.05 bits per heavy atom. The van der Waals surface area contributed by atoms with Gasteiger partial charge in [0.2, 0.25) is 0 Å². The average molecular weight is 261 g/mol. The summed E-state index contributed by atoms with van der Waals surface area (Å²) >= 11 is 0. The average Bonchev–Trinajstić information content (AvgIpc) is 2.92. The first-order chi connectivity index (χ1) is 9.08. The van der Waals surface area contributed by atoms with Crippen molar-refractivity contribution in [3.8, 4) is 0 Å². The third-order valence-electron chi connectivity index (χ3n) is 4.14. The Labute approximate surface area is 117 Å². The minimum Gasteiger partial charge on any atom is -0.377 e. The summed E-state index contributed by atoms with van der Waals surface area (Å²) in [7, 11) is 0. The molecule has 3 atom stereocenters. The third-order valence-corrected chi connectivity index (χ3v) is 4.14. The Morgan fingerprint density at radius 3 is 2.21 bits per heavy atom. The summed E-state index contributed by atoms with van der Waals surface area (Å²) in [4.78, 5) is 0. The lowest BCUT2D eigenvalue weighted by Gasteiger charge is -2.25. The maximum absolute atomic E-state index is 5.74. The molecule has 1 aliphatic rings. The fourth-order valence-corrected chi connectivity index (χ4v) is 2.76. The lowest BCUT2D eigenvalue weighted by molar-refractivity contribution is 0.0804. The molecule has 19 heavy (non-hydrogen) atoms. The molecule has 0 bridgehead atoms. The summed E-state index contributed by atoms with van der Waals surface area (Å²) in [5.74, 6) is 0.600. The predicted molar refractivity (Wildman–Crippen MR) is 80.5 cm³/mol. The smallest absolute Gasteiger partial charge is 0.0726 e. The van der Waals surface area contributed by atoms with Gasteiger partial charge >= 0.3 is 0 Å². The van der Waals surface area contributed by atoms with Crippen molar-refractivity contribution in [3.05, 3.63) is 35.4 Å². The Bertz CT molecular complexity index is 379. The van der Waals surface area contributed by atoms with Crippen LogP contribution < -0.4 is 5.32 Å². The van der Waals surface area contributed by atoms with Crippen LogP contribution in [0, 0.1) is 0 Å². The van der Waals surface area contributed by atoms with E-state index in [4.69, 9.17) is 4.74 Å². The summed E-state index contributed by atoms with van der Waals surface area (Å²) < 4.78 is 5.74. The molecule has 106 valence electrons. The first-order valence-corrected chi connectivity index (χ1v) is 7.55. The molecule has 2 rings (SSSR count). The maximum atomic E-state index is 5.74. The Balaban J connectivity index is 1.93. The molecule has 0 saturated carbocycles. The van der Waals surface area contributed by atoms with Crippen LogP contribution >= 0.6 is 0 Å². The molecular formula is C17H27NO. The molecule has 1 heterocycles. The highest BCUT2D eigenvalue weighted by Gasteiger charge is 2.23. The van der Waals surface area contributed by atoms with Crippen LogP contribution in [0.3, 0.4) is 0 Å². The minimum absolute atomic E-state index is 0.375. The van der Waals surface area contributed by atoms with Gasteiger partial charge in [0.05, 0.1) is 6.10 Å². The Kier molecular flexibility index (Phi) is 5.00. The summed E-state index contributed by atoms with van der Waals surface area (Å²) in [6.07, 6.45) is 2.78. The standard InChI is InChI=1S/C17H27NO/c1-12(2)15-7-9-16(10-8-15)13(3)18-14(4)17-6-5-11-19-17/h7-10,12-14,17-18H,5-6,11H2,1-4H3. The second kappa shape index (κ2) is 6.53. The third kappa shape index (κ3) is 3.80. The van der Waals surface area contributed by atoms with E-state index in [1.807, 2.05) is 0 Å². The Hall–Kier alpha value is -0.860. The summed E-state index contributed by atoms with van der Waals surface area (Å²) in [6.45, 7) is 9.85. The van der Waals surface area contributed by atoms with Gasteiger partial charge in [-0.1, -0.05) is 38.1 Å². The largest absolute Gasteiger partial charge is 0.377 e. The van der Waals surface area contributed by atoms with Gasteiger partial charge in [0.15, 0.2) is 0 Å². The van der Waals surface area contributed by atoms with Crippen molar-refractivity contribution in [3.63, 3.8) is 0 Å². The molecule has 1 fully saturated rings. The van der Waals surface area contributed by atoms with E-state index >= 15 is 0 Å². The van der Waals surface area contributed by atoms with Crippen molar-refractivity contribution < 1.29 is 4.74 Å². The molecular weight excluding hydrogens is 234 g/mol. The van der Waals surface area contributed by atoms with E-state index in [0.717, 1.165) is 6.61 Å². The summed E-state index contributed by atoms with van der Waals surface area (Å²) in [6, 6.07) is 9.77. The second-order valence-corrected chi connectivity index (χ2v) is 6.05. The molecule has 2 nitrogen and oxygen atoms in total. The molecule has 3 unspecified atom stereocenters. The lowest BCUT2D eigenvalue weighted by Crippen LogP contribution is -2.38. The molecule has 0 aliphatic carbocycles. The van der Waals surface area contributed by atoms with Crippen molar-refractivity contribution in [2.24, 2.45) is 0 Å². The molecule has 2 heteroatoms. The monoisotopic (exact) mass is 261 g/mol. The molecule has 1 aliphatic heterocycles. The van der Waals surface area contributed by atoms with E-state index in [2.05, 4.69) is 57.3 Å². The van der Waals surface area contributed by atoms with E-state index in [1.165, 1.54) is 24.0 Å². The van der Waals surface area contributed by atoms with Gasteiger partial charge in [-0.15, -0.1) is 0 Å². The molecule has 0 aromatic heterocycles. The fraction of sp³-hybridized carbons (Fsp3) is 0.647. The van der Waals surface area contributed by atoms with Crippen molar-refractivity contribution in [1.29, 1.82) is 0 Å². The Morgan fingerprint density at radius 2 is 1.68 bits per heavy atom. The van der Waals surface area contributed by atoms with Crippen LogP contribution in [0.4, 0.5) is 0 Å². The molecule has 1 aromatic rings. The van der Waals surface area contributed by atoms with E-state index in [1.54, 1.807) is 0 Å². The van der Waals surface area contributed by atoms with Crippen LogP contribution in [-0.2, 0) is 4.74 Å². The molecule has 1 saturated heterocycles. The van der Waals surface area contributed by atoms with Crippen LogP contribution in [0.15, 0.2) is 24.3 Å². The summed E-state index contributed by atoms with van der Waals surface area (Å²) in [5, 5.41) is 3.66. The van der Waals surface area contributed by atoms with Crippen LogP contribution in [0.25, 0.3) is 0 Å². The van der Waals surface area contributed by atoms with E-state index < -0.39 is 0 Å². The van der Waals surface area contributed by atoms with Crippen molar-refractivity contribution in [2.45, 2.75) is 64.6 Å². The number of hydrogen-bond acceptors (Lipinski definition) is 2. The number of benzene rings is 1. The predicted octanol–water partition coefficient (Wildman–Crippen LogP) is 4.03. The molecule has 1 aromatic carbocycles. The first-order valence-electron chi connectivity index (χ1n) is 7.55. The quantitative estimate of drug-likeness (QED) is 0.864. The van der Waals surface area contributed by atoms with Gasteiger partial charge in [-0.3, -0.25) is 0 Å². The molecule has 1 N–H and O–H groups in total. The molecule has 0 spiro atoms. The van der Waals surface area contributed by atoms with Gasteiger partial charge < -0.3 is 10.1 Å². The van der Waals surface area contributed by atoms with Crippen LogP contribution in [-0.4, -0.2) is 18.8 Å². The van der Waals surface area contributed by atoms with Gasteiger partial charge in [-0.05, 0) is 43.7 Å². The zero-order valence-corrected chi connectivity index (χ0v) is 12.6. The van der Waals surface area contributed by atoms with E-state index in [9.17, 15) is 0 Å². The van der Waals surface area contributed by atoms with Crippen molar-refractivity contribution in [2.75, 3.05) is 6.61 Å². The number of nitrogens with one attached hydrogen (secondary N) is 1. The summed E-state index contributed by atoms with van der Waals surface area (Å²) in [5.41, 5.74) is 2.76. The fourth-order valence-electron chi connectivity index (χ4n) is 2.76. The SMILES string of the molecule is CC(C)c1ccc(C(C)NC(C)C2CCCO2)cc1. The lowest BCUT2D eigenvalue weighted by atomic mass is 9.99. The highest BCUT2D eigenvalue weighted by Crippen LogP contribution is 2.21. The first kappa shape index (κ1) is 14.5. The normalized spacial score (nSPS) is 22.7. The zero-order chi connectivity index (χ0) is 13.8. The zero-order valence-electron chi connectivity index (χ0n) is 12.6. The van der Waals surface area contributed by atoms with Crippen LogP contribution in [0.5, 0.6) is 0 Å². The topological polar surface area (TPSA) is 21.3 Å². The van der Waals surface area contributed by atoms with E-state index in [-0.39, 0.29) is 0 Å². The van der Waals surface area contributed by atoms with Crippen LogP contribution in [0.2, 0.25) is 0 Å². The van der Waals surface area contributed by atoms with Gasteiger partial charge in [-0.2, -0.15) is 0 Å². The van der Waals surface area contributed by atoms with Crippen molar-refractivity contribution in [1.82, 2.24) is 5.32 Å². The number of hydrogen-bond donors (Lipinski definition) is 1. The highest BCUT2D eigenvalue weighted by molar-refractivity contribution is 5.26. The van der Waals surface area contributed by atoms with Gasteiger partial charge in [0, 0.05) is 18.7 Å². The number of rotatable bonds is 5. The highest BCUT2D eigenvalue weighted by atomic mass is 16.5. The molecule has 0 radical (unpaired) electrons. The maximum Gasteiger partial charge on any atom is 0.0726 e.